The van der Waals surface area contributed by atoms with E-state index in [1.54, 1.807) is 24.4 Å². The third kappa shape index (κ3) is 3.81. The van der Waals surface area contributed by atoms with Gasteiger partial charge in [0.1, 0.15) is 11.3 Å². The summed E-state index contributed by atoms with van der Waals surface area (Å²) in [5.41, 5.74) is 2.37. The van der Waals surface area contributed by atoms with Gasteiger partial charge in [-0.2, -0.15) is 5.10 Å². The lowest BCUT2D eigenvalue weighted by Crippen LogP contribution is -2.66. The smallest absolute Gasteiger partial charge is 0.274 e. The van der Waals surface area contributed by atoms with Crippen molar-refractivity contribution in [3.8, 4) is 11.3 Å². The van der Waals surface area contributed by atoms with Crippen molar-refractivity contribution < 1.29 is 9.18 Å². The van der Waals surface area contributed by atoms with Crippen LogP contribution in [0.15, 0.2) is 59.5 Å². The fourth-order valence-corrected chi connectivity index (χ4v) is 4.46. The maximum atomic E-state index is 13.4. The van der Waals surface area contributed by atoms with E-state index in [1.807, 2.05) is 26.1 Å². The fourth-order valence-electron chi connectivity index (χ4n) is 4.28. The second kappa shape index (κ2) is 7.83. The first-order valence-corrected chi connectivity index (χ1v) is 10.8. The molecule has 0 aliphatic carbocycles. The van der Waals surface area contributed by atoms with Crippen LogP contribution in [0.4, 0.5) is 4.39 Å². The predicted octanol–water partition coefficient (Wildman–Crippen LogP) is 3.36. The van der Waals surface area contributed by atoms with E-state index >= 15 is 0 Å². The molecule has 2 N–H and O–H groups in total. The molecule has 3 heterocycles. The van der Waals surface area contributed by atoms with Crippen molar-refractivity contribution in [3.05, 3.63) is 92.7 Å². The molecule has 2 aromatic heterocycles. The second-order valence-corrected chi connectivity index (χ2v) is 8.94. The number of likely N-dealkylation sites (tertiary alicyclic amines) is 1. The van der Waals surface area contributed by atoms with Crippen molar-refractivity contribution in [2.24, 2.45) is 0 Å². The molecule has 1 aliphatic heterocycles. The van der Waals surface area contributed by atoms with Gasteiger partial charge in [-0.15, -0.1) is 0 Å². The number of carbonyl (C=O) groups is 1. The maximum Gasteiger partial charge on any atom is 0.274 e. The molecule has 9 heteroatoms. The summed E-state index contributed by atoms with van der Waals surface area (Å²) in [7, 11) is 1.94. The molecule has 2 aromatic carbocycles. The molecule has 168 valence electrons. The Kier molecular flexibility index (Phi) is 5.07. The van der Waals surface area contributed by atoms with Gasteiger partial charge in [0.05, 0.1) is 17.4 Å². The molecule has 5 rings (SSSR count). The molecular formula is C24H21ClFN5O2. The zero-order chi connectivity index (χ0) is 23.3. The Hall–Kier alpha value is -3.49. The number of aromatic amines is 1. The number of amides is 1. The second-order valence-electron chi connectivity index (χ2n) is 8.54. The highest BCUT2D eigenvalue weighted by Crippen LogP contribution is 2.31. The molecule has 0 bridgehead atoms. The Labute approximate surface area is 193 Å². The first-order valence-electron chi connectivity index (χ1n) is 10.4. The van der Waals surface area contributed by atoms with Gasteiger partial charge in [-0.05, 0) is 43.3 Å². The number of aromatic nitrogens is 3. The number of likely N-dealkylation sites (N-methyl/N-ethyl adjacent to an activating group) is 1. The summed E-state index contributed by atoms with van der Waals surface area (Å²) >= 11 is 6.23. The number of carbonyl (C=O) groups excluding carboxylic acids is 1. The van der Waals surface area contributed by atoms with Crippen molar-refractivity contribution >= 4 is 23.0 Å². The number of halogens is 2. The average molecular weight is 466 g/mol. The Bertz CT molecular complexity index is 1440. The lowest BCUT2D eigenvalue weighted by atomic mass is 9.82. The topological polar surface area (TPSA) is 82.5 Å². The third-order valence-corrected chi connectivity index (χ3v) is 6.42. The van der Waals surface area contributed by atoms with Crippen LogP contribution in [0.1, 0.15) is 21.6 Å². The molecule has 1 amide bonds. The van der Waals surface area contributed by atoms with Gasteiger partial charge >= 0.3 is 0 Å². The largest absolute Gasteiger partial charge is 0.339 e. The Morgan fingerprint density at radius 1 is 1.18 bits per heavy atom. The van der Waals surface area contributed by atoms with E-state index in [9.17, 15) is 14.0 Å². The fraction of sp³-hybridized carbons (Fsp3) is 0.208. The number of fused-ring (bicyclic) bond motifs is 1. The molecule has 0 saturated carbocycles. The van der Waals surface area contributed by atoms with E-state index in [2.05, 4.69) is 20.3 Å². The van der Waals surface area contributed by atoms with Gasteiger partial charge < -0.3 is 15.2 Å². The van der Waals surface area contributed by atoms with Gasteiger partial charge in [0, 0.05) is 29.7 Å². The summed E-state index contributed by atoms with van der Waals surface area (Å²) in [4.78, 5) is 30.7. The van der Waals surface area contributed by atoms with Crippen molar-refractivity contribution in [1.29, 1.82) is 0 Å². The van der Waals surface area contributed by atoms with Crippen LogP contribution in [0, 0.1) is 12.7 Å². The highest BCUT2D eigenvalue weighted by atomic mass is 35.5. The van der Waals surface area contributed by atoms with Gasteiger partial charge in [-0.25, -0.2) is 8.91 Å². The van der Waals surface area contributed by atoms with Crippen LogP contribution in [-0.2, 0) is 5.54 Å². The number of hydrogen-bond donors (Lipinski definition) is 2. The van der Waals surface area contributed by atoms with Crippen LogP contribution >= 0.6 is 11.6 Å². The van der Waals surface area contributed by atoms with Crippen molar-refractivity contribution in [3.63, 3.8) is 0 Å². The zero-order valence-electron chi connectivity index (χ0n) is 18.0. The van der Waals surface area contributed by atoms with E-state index in [1.165, 1.54) is 22.7 Å². The molecule has 33 heavy (non-hydrogen) atoms. The molecular weight excluding hydrogens is 445 g/mol. The zero-order valence-corrected chi connectivity index (χ0v) is 18.8. The molecule has 1 fully saturated rings. The van der Waals surface area contributed by atoms with E-state index in [0.717, 1.165) is 16.7 Å². The molecule has 4 aromatic rings. The number of hydrogen-bond acceptors (Lipinski definition) is 4. The molecule has 0 unspecified atom stereocenters. The van der Waals surface area contributed by atoms with Crippen LogP contribution in [0.25, 0.3) is 16.8 Å². The van der Waals surface area contributed by atoms with Gasteiger partial charge in [-0.1, -0.05) is 35.9 Å². The summed E-state index contributed by atoms with van der Waals surface area (Å²) in [5.74, 6) is -0.742. The minimum Gasteiger partial charge on any atom is -0.339 e. The molecule has 0 atom stereocenters. The van der Waals surface area contributed by atoms with Crippen LogP contribution in [0.3, 0.4) is 0 Å². The standard InChI is InChI=1S/C24H21ClFN5O2/c1-14-3-4-15(9-18(14)25)20-11-31-21(23(33)27-20)10-19(29-31)22(32)28-24(12-30(2)13-24)16-5-7-17(26)8-6-16/h3-11H,12-13H2,1-2H3,(H,27,33)(H,28,32). The van der Waals surface area contributed by atoms with E-state index < -0.39 is 11.4 Å². The number of rotatable bonds is 4. The first-order chi connectivity index (χ1) is 15.7. The molecule has 1 saturated heterocycles. The summed E-state index contributed by atoms with van der Waals surface area (Å²) in [6.45, 7) is 3.06. The molecule has 0 radical (unpaired) electrons. The van der Waals surface area contributed by atoms with E-state index in [0.29, 0.717) is 23.8 Å². The van der Waals surface area contributed by atoms with Crippen molar-refractivity contribution in [1.82, 2.24) is 24.8 Å². The molecule has 0 spiro atoms. The van der Waals surface area contributed by atoms with Gasteiger partial charge in [0.2, 0.25) is 0 Å². The number of nitrogens with one attached hydrogen (secondary N) is 2. The normalized spacial score (nSPS) is 15.4. The van der Waals surface area contributed by atoms with Crippen molar-refractivity contribution in [2.45, 2.75) is 12.5 Å². The van der Waals surface area contributed by atoms with Crippen LogP contribution in [-0.4, -0.2) is 45.5 Å². The van der Waals surface area contributed by atoms with Crippen LogP contribution in [0.2, 0.25) is 5.02 Å². The summed E-state index contributed by atoms with van der Waals surface area (Å²) in [5, 5.41) is 7.98. The summed E-state index contributed by atoms with van der Waals surface area (Å²) in [6, 6.07) is 13.1. The number of aryl methyl sites for hydroxylation is 1. The van der Waals surface area contributed by atoms with Gasteiger partial charge in [-0.3, -0.25) is 9.59 Å². The molecule has 1 aliphatic rings. The van der Waals surface area contributed by atoms with Crippen LogP contribution in [0.5, 0.6) is 0 Å². The van der Waals surface area contributed by atoms with Crippen LogP contribution < -0.4 is 10.9 Å². The number of H-pyrrole nitrogens is 1. The maximum absolute atomic E-state index is 13.4. The van der Waals surface area contributed by atoms with Gasteiger partial charge in [0.25, 0.3) is 11.5 Å². The molecule has 7 nitrogen and oxygen atoms in total. The highest BCUT2D eigenvalue weighted by Gasteiger charge is 2.44. The summed E-state index contributed by atoms with van der Waals surface area (Å²) < 4.78 is 14.8. The third-order valence-electron chi connectivity index (χ3n) is 6.01. The minimum absolute atomic E-state index is 0.121. The summed E-state index contributed by atoms with van der Waals surface area (Å²) in [6.07, 6.45) is 1.65. The number of benzene rings is 2. The SMILES string of the molecule is Cc1ccc(-c2cn3nc(C(=O)NC4(c5ccc(F)cc5)CN(C)C4)cc3c(=O)[nH]2)cc1Cl. The lowest BCUT2D eigenvalue weighted by molar-refractivity contribution is 0.0508. The average Bonchev–Trinajstić information content (AvgIpc) is 3.20. The quantitative estimate of drug-likeness (QED) is 0.484. The first kappa shape index (κ1) is 21.4. The minimum atomic E-state index is -0.647. The van der Waals surface area contributed by atoms with E-state index in [4.69, 9.17) is 11.6 Å². The predicted molar refractivity (Wildman–Crippen MR) is 124 cm³/mol. The Morgan fingerprint density at radius 3 is 2.58 bits per heavy atom. The Morgan fingerprint density at radius 2 is 1.91 bits per heavy atom. The van der Waals surface area contributed by atoms with Gasteiger partial charge in [0.15, 0.2) is 5.69 Å². The highest BCUT2D eigenvalue weighted by molar-refractivity contribution is 6.31. The monoisotopic (exact) mass is 465 g/mol. The van der Waals surface area contributed by atoms with Crippen molar-refractivity contribution in [2.75, 3.05) is 20.1 Å². The number of nitrogens with zero attached hydrogens (tertiary/aromatic N) is 3. The lowest BCUT2D eigenvalue weighted by Gasteiger charge is -2.49. The Balaban J connectivity index is 1.47. The van der Waals surface area contributed by atoms with E-state index in [-0.39, 0.29) is 22.6 Å².